The molecule has 0 aliphatic heterocycles. The van der Waals surface area contributed by atoms with Gasteiger partial charge in [0.2, 0.25) is 5.91 Å². The first-order valence-electron chi connectivity index (χ1n) is 3.71. The molecule has 0 aromatic carbocycles. The summed E-state index contributed by atoms with van der Waals surface area (Å²) in [6, 6.07) is 0. The lowest BCUT2D eigenvalue weighted by molar-refractivity contribution is -0.137. The summed E-state index contributed by atoms with van der Waals surface area (Å²) in [5.41, 5.74) is 2.52. The summed E-state index contributed by atoms with van der Waals surface area (Å²) >= 11 is 0. The largest absolute Gasteiger partial charge is 0.481 e. The van der Waals surface area contributed by atoms with Crippen LogP contribution in [0.25, 0.3) is 0 Å². The van der Waals surface area contributed by atoms with Crippen LogP contribution in [-0.4, -0.2) is 36.1 Å². The van der Waals surface area contributed by atoms with Crippen molar-refractivity contribution < 1.29 is 14.7 Å². The quantitative estimate of drug-likeness (QED) is 0.568. The van der Waals surface area contributed by atoms with Crippen molar-refractivity contribution in [1.82, 2.24) is 10.4 Å². The van der Waals surface area contributed by atoms with Gasteiger partial charge < -0.3 is 5.11 Å². The van der Waals surface area contributed by atoms with E-state index in [0.29, 0.717) is 6.42 Å². The van der Waals surface area contributed by atoms with Crippen LogP contribution in [0.4, 0.5) is 0 Å². The highest BCUT2D eigenvalue weighted by molar-refractivity contribution is 5.76. The van der Waals surface area contributed by atoms with E-state index in [4.69, 9.17) is 5.11 Å². The maximum absolute atomic E-state index is 10.9. The van der Waals surface area contributed by atoms with Crippen LogP contribution in [0.5, 0.6) is 0 Å². The topological polar surface area (TPSA) is 69.6 Å². The van der Waals surface area contributed by atoms with Crippen molar-refractivity contribution in [2.75, 3.05) is 14.1 Å². The van der Waals surface area contributed by atoms with Gasteiger partial charge in [-0.2, -0.15) is 0 Å². The lowest BCUT2D eigenvalue weighted by Crippen LogP contribution is -2.35. The Morgan fingerprint density at radius 1 is 1.33 bits per heavy atom. The first kappa shape index (κ1) is 10.9. The third-order valence-electron chi connectivity index (χ3n) is 1.14. The molecule has 0 aromatic rings. The Bertz CT molecular complexity index is 168. The number of aliphatic carboxylic acids is 1. The molecular weight excluding hydrogens is 160 g/mol. The minimum atomic E-state index is -0.868. The van der Waals surface area contributed by atoms with Crippen LogP contribution in [0, 0.1) is 0 Å². The van der Waals surface area contributed by atoms with Gasteiger partial charge in [-0.3, -0.25) is 15.0 Å². The van der Waals surface area contributed by atoms with Gasteiger partial charge in [0.1, 0.15) is 0 Å². The molecule has 5 heteroatoms. The molecule has 0 fully saturated rings. The molecule has 0 unspecified atom stereocenters. The van der Waals surface area contributed by atoms with Crippen molar-refractivity contribution in [1.29, 1.82) is 0 Å². The fourth-order valence-electron chi connectivity index (χ4n) is 0.705. The third kappa shape index (κ3) is 7.01. The smallest absolute Gasteiger partial charge is 0.303 e. The van der Waals surface area contributed by atoms with Crippen molar-refractivity contribution in [2.24, 2.45) is 0 Å². The molecule has 0 rings (SSSR count). The number of carbonyl (C=O) groups is 2. The predicted octanol–water partition coefficient (Wildman–Crippen LogP) is -0.166. The number of carbonyl (C=O) groups excluding carboxylic acids is 1. The van der Waals surface area contributed by atoms with E-state index in [1.807, 2.05) is 0 Å². The van der Waals surface area contributed by atoms with E-state index < -0.39 is 5.97 Å². The second-order valence-electron chi connectivity index (χ2n) is 2.68. The molecule has 0 saturated carbocycles. The highest BCUT2D eigenvalue weighted by Crippen LogP contribution is 1.94. The molecule has 0 aliphatic carbocycles. The third-order valence-corrected chi connectivity index (χ3v) is 1.14. The molecule has 0 saturated heterocycles. The molecule has 0 aliphatic rings. The Kier molecular flexibility index (Phi) is 5.03. The van der Waals surface area contributed by atoms with Gasteiger partial charge in [0, 0.05) is 26.9 Å². The molecule has 2 N–H and O–H groups in total. The van der Waals surface area contributed by atoms with Crippen LogP contribution in [0.15, 0.2) is 0 Å². The van der Waals surface area contributed by atoms with E-state index in [2.05, 4.69) is 5.43 Å². The zero-order valence-electron chi connectivity index (χ0n) is 7.33. The number of nitrogens with zero attached hydrogens (tertiary/aromatic N) is 1. The summed E-state index contributed by atoms with van der Waals surface area (Å²) in [7, 11) is 3.41. The molecule has 0 atom stereocenters. The number of hydrogen-bond donors (Lipinski definition) is 2. The molecule has 0 bridgehead atoms. The number of carboxylic acids is 1. The second kappa shape index (κ2) is 5.54. The van der Waals surface area contributed by atoms with Crippen molar-refractivity contribution in [3.63, 3.8) is 0 Å². The van der Waals surface area contributed by atoms with Gasteiger partial charge in [0.15, 0.2) is 0 Å². The minimum absolute atomic E-state index is 0.0425. The molecule has 1 amide bonds. The van der Waals surface area contributed by atoms with Crippen molar-refractivity contribution in [3.8, 4) is 0 Å². The molecular formula is C7H14N2O3. The number of amides is 1. The molecule has 12 heavy (non-hydrogen) atoms. The van der Waals surface area contributed by atoms with Gasteiger partial charge in [0.05, 0.1) is 0 Å². The lowest BCUT2D eigenvalue weighted by Gasteiger charge is -2.10. The van der Waals surface area contributed by atoms with E-state index in [0.717, 1.165) is 0 Å². The molecule has 0 spiro atoms. The van der Waals surface area contributed by atoms with Gasteiger partial charge in [0.25, 0.3) is 0 Å². The van der Waals surface area contributed by atoms with E-state index in [-0.39, 0.29) is 18.7 Å². The highest BCUT2D eigenvalue weighted by Gasteiger charge is 2.03. The molecule has 0 radical (unpaired) electrons. The summed E-state index contributed by atoms with van der Waals surface area (Å²) in [5.74, 6) is -1.02. The van der Waals surface area contributed by atoms with Crippen LogP contribution >= 0.6 is 0 Å². The van der Waals surface area contributed by atoms with Crippen LogP contribution in [0.1, 0.15) is 19.3 Å². The minimum Gasteiger partial charge on any atom is -0.481 e. The van der Waals surface area contributed by atoms with E-state index >= 15 is 0 Å². The Balaban J connectivity index is 3.38. The zero-order valence-corrected chi connectivity index (χ0v) is 7.33. The van der Waals surface area contributed by atoms with Crippen LogP contribution < -0.4 is 5.43 Å². The van der Waals surface area contributed by atoms with Crippen LogP contribution in [0.2, 0.25) is 0 Å². The number of rotatable bonds is 5. The lowest BCUT2D eigenvalue weighted by atomic mass is 10.2. The Labute approximate surface area is 71.3 Å². The fourth-order valence-corrected chi connectivity index (χ4v) is 0.705. The Hall–Kier alpha value is -1.10. The van der Waals surface area contributed by atoms with E-state index in [1.54, 1.807) is 14.1 Å². The highest BCUT2D eigenvalue weighted by atomic mass is 16.4. The van der Waals surface area contributed by atoms with Crippen molar-refractivity contribution >= 4 is 11.9 Å². The SMILES string of the molecule is CN(C)NC(=O)CCCC(=O)O. The fraction of sp³-hybridized carbons (Fsp3) is 0.714. The standard InChI is InChI=1S/C7H14N2O3/c1-9(2)8-6(10)4-3-5-7(11)12/h3-5H2,1-2H3,(H,8,10)(H,11,12). The Morgan fingerprint density at radius 3 is 2.33 bits per heavy atom. The number of hydrazine groups is 1. The first-order valence-corrected chi connectivity index (χ1v) is 3.71. The number of carboxylic acid groups (broad SMARTS) is 1. The first-order chi connectivity index (χ1) is 5.52. The van der Waals surface area contributed by atoms with E-state index in [9.17, 15) is 9.59 Å². The van der Waals surface area contributed by atoms with Gasteiger partial charge in [-0.15, -0.1) is 0 Å². The van der Waals surface area contributed by atoms with Crippen LogP contribution in [0.3, 0.4) is 0 Å². The number of hydrogen-bond acceptors (Lipinski definition) is 3. The van der Waals surface area contributed by atoms with Gasteiger partial charge in [-0.25, -0.2) is 5.01 Å². The van der Waals surface area contributed by atoms with Crippen molar-refractivity contribution in [2.45, 2.75) is 19.3 Å². The van der Waals surface area contributed by atoms with Crippen molar-refractivity contribution in [3.05, 3.63) is 0 Å². The zero-order chi connectivity index (χ0) is 9.56. The summed E-state index contributed by atoms with van der Waals surface area (Å²) in [4.78, 5) is 21.0. The van der Waals surface area contributed by atoms with Gasteiger partial charge in [-0.1, -0.05) is 0 Å². The van der Waals surface area contributed by atoms with Crippen LogP contribution in [-0.2, 0) is 9.59 Å². The maximum Gasteiger partial charge on any atom is 0.303 e. The van der Waals surface area contributed by atoms with E-state index in [1.165, 1.54) is 5.01 Å². The number of nitrogens with one attached hydrogen (secondary N) is 1. The molecule has 0 aromatic heterocycles. The summed E-state index contributed by atoms with van der Waals surface area (Å²) < 4.78 is 0. The average Bonchev–Trinajstić information content (AvgIpc) is 1.84. The Morgan fingerprint density at radius 2 is 1.92 bits per heavy atom. The molecule has 0 heterocycles. The second-order valence-corrected chi connectivity index (χ2v) is 2.68. The predicted molar refractivity (Wildman–Crippen MR) is 43.3 cm³/mol. The van der Waals surface area contributed by atoms with Gasteiger partial charge in [-0.05, 0) is 6.42 Å². The molecule has 5 nitrogen and oxygen atoms in total. The average molecular weight is 174 g/mol. The summed E-state index contributed by atoms with van der Waals surface area (Å²) in [6.07, 6.45) is 0.681. The summed E-state index contributed by atoms with van der Waals surface area (Å²) in [5, 5.41) is 9.80. The van der Waals surface area contributed by atoms with Gasteiger partial charge >= 0.3 is 5.97 Å². The monoisotopic (exact) mass is 174 g/mol. The maximum atomic E-state index is 10.9. The summed E-state index contributed by atoms with van der Waals surface area (Å²) in [6.45, 7) is 0. The normalized spacial score (nSPS) is 9.92. The molecule has 70 valence electrons.